The highest BCUT2D eigenvalue weighted by molar-refractivity contribution is 8.00. The first-order valence-corrected chi connectivity index (χ1v) is 10.4. The van der Waals surface area contributed by atoms with Gasteiger partial charge < -0.3 is 5.32 Å². The number of thioether (sulfide) groups is 1. The molecule has 0 spiro atoms. The first-order chi connectivity index (χ1) is 11.9. The largest absolute Gasteiger partial charge is 0.380 e. The Kier molecular flexibility index (Phi) is 4.15. The zero-order chi connectivity index (χ0) is 17.8. The number of hydrogen-bond acceptors (Lipinski definition) is 2. The van der Waals surface area contributed by atoms with Crippen molar-refractivity contribution in [2.24, 2.45) is 11.8 Å². The van der Waals surface area contributed by atoms with Gasteiger partial charge in [0, 0.05) is 33.2 Å². The molecule has 2 aliphatic rings. The minimum Gasteiger partial charge on any atom is -0.380 e. The fourth-order valence-corrected chi connectivity index (χ4v) is 6.73. The van der Waals surface area contributed by atoms with Crippen LogP contribution in [-0.4, -0.2) is 10.8 Å². The molecule has 5 atom stereocenters. The van der Waals surface area contributed by atoms with Gasteiger partial charge in [0.25, 0.3) is 0 Å². The molecule has 132 valence electrons. The van der Waals surface area contributed by atoms with Crippen LogP contribution in [0.3, 0.4) is 0 Å². The standard InChI is InChI=1S/C23H29NS/c1-14-15(2)21-17-11-7-9-13-19(17)25-22(21)20(14)16-10-6-8-12-18(16)24-23(3,4)5/h6-15,20-22,24H,1-5H3. The van der Waals surface area contributed by atoms with Crippen molar-refractivity contribution >= 4 is 17.4 Å². The lowest BCUT2D eigenvalue weighted by Crippen LogP contribution is -2.28. The lowest BCUT2D eigenvalue weighted by molar-refractivity contribution is 0.401. The number of rotatable bonds is 2. The summed E-state index contributed by atoms with van der Waals surface area (Å²) in [5.74, 6) is 2.69. The third-order valence-electron chi connectivity index (χ3n) is 6.04. The monoisotopic (exact) mass is 351 g/mol. The molecule has 1 N–H and O–H groups in total. The molecule has 0 amide bonds. The van der Waals surface area contributed by atoms with E-state index in [9.17, 15) is 0 Å². The maximum Gasteiger partial charge on any atom is 0.0380 e. The molecule has 1 aliphatic heterocycles. The highest BCUT2D eigenvalue weighted by Gasteiger charge is 2.52. The van der Waals surface area contributed by atoms with Crippen LogP contribution in [0.1, 0.15) is 57.6 Å². The quantitative estimate of drug-likeness (QED) is 0.660. The van der Waals surface area contributed by atoms with Gasteiger partial charge in [0.05, 0.1) is 0 Å². The Bertz CT molecular complexity index is 776. The summed E-state index contributed by atoms with van der Waals surface area (Å²) in [7, 11) is 0. The third kappa shape index (κ3) is 2.89. The van der Waals surface area contributed by atoms with Crippen LogP contribution in [0.5, 0.6) is 0 Å². The van der Waals surface area contributed by atoms with E-state index in [1.807, 2.05) is 0 Å². The molecule has 2 aromatic carbocycles. The zero-order valence-electron chi connectivity index (χ0n) is 15.9. The van der Waals surface area contributed by atoms with E-state index in [0.717, 1.165) is 0 Å². The second-order valence-electron chi connectivity index (χ2n) is 8.85. The number of anilines is 1. The molecule has 1 aliphatic carbocycles. The molecule has 0 saturated heterocycles. The van der Waals surface area contributed by atoms with Crippen LogP contribution >= 0.6 is 11.8 Å². The molecule has 2 heteroatoms. The van der Waals surface area contributed by atoms with Crippen molar-refractivity contribution in [1.82, 2.24) is 0 Å². The van der Waals surface area contributed by atoms with Gasteiger partial charge in [-0.3, -0.25) is 0 Å². The predicted octanol–water partition coefficient (Wildman–Crippen LogP) is 6.52. The van der Waals surface area contributed by atoms with Gasteiger partial charge in [-0.15, -0.1) is 11.8 Å². The fourth-order valence-electron chi connectivity index (χ4n) is 4.86. The molecule has 1 heterocycles. The van der Waals surface area contributed by atoms with Gasteiger partial charge in [-0.05, 0) is 55.9 Å². The Labute approximate surface area is 156 Å². The highest BCUT2D eigenvalue weighted by Crippen LogP contribution is 2.63. The molecular weight excluding hydrogens is 322 g/mol. The minimum absolute atomic E-state index is 0.0781. The summed E-state index contributed by atoms with van der Waals surface area (Å²) >= 11 is 2.12. The van der Waals surface area contributed by atoms with Crippen molar-refractivity contribution < 1.29 is 0 Å². The second-order valence-corrected chi connectivity index (χ2v) is 10.1. The van der Waals surface area contributed by atoms with E-state index in [0.29, 0.717) is 28.9 Å². The number of nitrogens with one attached hydrogen (secondary N) is 1. The summed E-state index contributed by atoms with van der Waals surface area (Å²) in [6, 6.07) is 18.1. The van der Waals surface area contributed by atoms with E-state index < -0.39 is 0 Å². The molecule has 25 heavy (non-hydrogen) atoms. The van der Waals surface area contributed by atoms with E-state index >= 15 is 0 Å². The van der Waals surface area contributed by atoms with Crippen molar-refractivity contribution in [1.29, 1.82) is 0 Å². The van der Waals surface area contributed by atoms with Crippen LogP contribution in [0.2, 0.25) is 0 Å². The van der Waals surface area contributed by atoms with Gasteiger partial charge in [-0.2, -0.15) is 0 Å². The number of benzene rings is 2. The van der Waals surface area contributed by atoms with E-state index in [2.05, 4.69) is 100 Å². The predicted molar refractivity (Wildman–Crippen MR) is 110 cm³/mol. The summed E-state index contributed by atoms with van der Waals surface area (Å²) < 4.78 is 0. The van der Waals surface area contributed by atoms with Gasteiger partial charge in [0.1, 0.15) is 0 Å². The van der Waals surface area contributed by atoms with Gasteiger partial charge in [0.15, 0.2) is 0 Å². The number of hydrogen-bond donors (Lipinski definition) is 1. The normalized spacial score (nSPS) is 30.8. The van der Waals surface area contributed by atoms with Gasteiger partial charge in [0.2, 0.25) is 0 Å². The Balaban J connectivity index is 1.75. The van der Waals surface area contributed by atoms with Crippen molar-refractivity contribution in [3.05, 3.63) is 59.7 Å². The van der Waals surface area contributed by atoms with Crippen LogP contribution in [0.4, 0.5) is 5.69 Å². The zero-order valence-corrected chi connectivity index (χ0v) is 16.7. The Morgan fingerprint density at radius 2 is 1.36 bits per heavy atom. The second kappa shape index (κ2) is 6.09. The molecule has 0 bridgehead atoms. The average molecular weight is 352 g/mol. The van der Waals surface area contributed by atoms with E-state index in [1.54, 1.807) is 5.56 Å². The highest BCUT2D eigenvalue weighted by atomic mass is 32.2. The van der Waals surface area contributed by atoms with Crippen molar-refractivity contribution in [2.45, 2.75) is 62.1 Å². The molecule has 2 aromatic rings. The van der Waals surface area contributed by atoms with E-state index in [4.69, 9.17) is 0 Å². The summed E-state index contributed by atoms with van der Waals surface area (Å²) in [5, 5.41) is 4.41. The van der Waals surface area contributed by atoms with Crippen LogP contribution in [-0.2, 0) is 0 Å². The average Bonchev–Trinajstić information content (AvgIpc) is 3.03. The topological polar surface area (TPSA) is 12.0 Å². The van der Waals surface area contributed by atoms with Crippen molar-refractivity contribution in [2.75, 3.05) is 5.32 Å². The number of para-hydroxylation sites is 1. The van der Waals surface area contributed by atoms with Crippen LogP contribution < -0.4 is 5.32 Å². The summed E-state index contributed by atoms with van der Waals surface area (Å²) in [4.78, 5) is 1.50. The fraction of sp³-hybridized carbons (Fsp3) is 0.478. The SMILES string of the molecule is CC1C(C)C2c3ccccc3SC2C1c1ccccc1NC(C)(C)C. The first-order valence-electron chi connectivity index (χ1n) is 9.49. The Hall–Kier alpha value is -1.41. The summed E-state index contributed by atoms with van der Waals surface area (Å²) in [6.07, 6.45) is 0. The lowest BCUT2D eigenvalue weighted by atomic mass is 9.85. The summed E-state index contributed by atoms with van der Waals surface area (Å²) in [6.45, 7) is 11.7. The molecular formula is C23H29NS. The van der Waals surface area contributed by atoms with Crippen LogP contribution in [0, 0.1) is 11.8 Å². The smallest absolute Gasteiger partial charge is 0.0380 e. The maximum atomic E-state index is 3.75. The minimum atomic E-state index is 0.0781. The first kappa shape index (κ1) is 17.0. The van der Waals surface area contributed by atoms with Crippen LogP contribution in [0.15, 0.2) is 53.4 Å². The molecule has 1 fully saturated rings. The Morgan fingerprint density at radius 3 is 2.04 bits per heavy atom. The maximum absolute atomic E-state index is 3.75. The molecule has 1 nitrogen and oxygen atoms in total. The molecule has 1 saturated carbocycles. The van der Waals surface area contributed by atoms with E-state index in [-0.39, 0.29) is 5.54 Å². The molecule has 0 aromatic heterocycles. The molecule has 4 rings (SSSR count). The van der Waals surface area contributed by atoms with Gasteiger partial charge in [-0.1, -0.05) is 50.2 Å². The summed E-state index contributed by atoms with van der Waals surface area (Å²) in [5.41, 5.74) is 4.48. The van der Waals surface area contributed by atoms with Gasteiger partial charge >= 0.3 is 0 Å². The van der Waals surface area contributed by atoms with E-state index in [1.165, 1.54) is 16.1 Å². The number of fused-ring (bicyclic) bond motifs is 3. The van der Waals surface area contributed by atoms with Crippen molar-refractivity contribution in [3.8, 4) is 0 Å². The van der Waals surface area contributed by atoms with Gasteiger partial charge in [-0.25, -0.2) is 0 Å². The molecule has 0 radical (unpaired) electrons. The molecule has 5 unspecified atom stereocenters. The lowest BCUT2D eigenvalue weighted by Gasteiger charge is -2.29. The Morgan fingerprint density at radius 1 is 0.800 bits per heavy atom. The van der Waals surface area contributed by atoms with Crippen LogP contribution in [0.25, 0.3) is 0 Å². The van der Waals surface area contributed by atoms with Crippen molar-refractivity contribution in [3.63, 3.8) is 0 Å². The third-order valence-corrected chi connectivity index (χ3v) is 7.53.